The average Bonchev–Trinajstić information content (AvgIpc) is 2.12. The van der Waals surface area contributed by atoms with E-state index in [9.17, 15) is 60.4 Å². The molecule has 0 radical (unpaired) electrons. The number of rotatable bonds is 3. The lowest BCUT2D eigenvalue weighted by atomic mass is 10.7. The number of hydrogen-bond donors (Lipinski definition) is 2. The van der Waals surface area contributed by atoms with Crippen LogP contribution in [0.3, 0.4) is 0 Å². The normalized spacial score (nSPS) is 13.7. The van der Waals surface area contributed by atoms with Gasteiger partial charge in [-0.2, -0.15) is 26.3 Å². The van der Waals surface area contributed by atoms with Crippen molar-refractivity contribution in [2.75, 3.05) is 0 Å². The standard InChI is InChI=1S/C2HF5.CH2F3NO6S3/c3-1(4)2(5,6)7;2-1(3,4)14(10,11)5(12(6)7)13(8)9/h1H;12-13H. The summed E-state index contributed by atoms with van der Waals surface area (Å²) in [4.78, 5) is 0. The highest BCUT2D eigenvalue weighted by Gasteiger charge is 2.53. The molecule has 0 saturated carbocycles. The third-order valence-electron chi connectivity index (χ3n) is 1.03. The molecule has 0 aromatic heterocycles. The van der Waals surface area contributed by atoms with Gasteiger partial charge in [0.1, 0.15) is 0 Å². The molecule has 0 heterocycles. The van der Waals surface area contributed by atoms with Crippen molar-refractivity contribution in [1.82, 2.24) is 3.12 Å². The Labute approximate surface area is 114 Å². The van der Waals surface area contributed by atoms with E-state index in [2.05, 4.69) is 0 Å². The van der Waals surface area contributed by atoms with E-state index >= 15 is 0 Å². The molecule has 0 fully saturated rings. The van der Waals surface area contributed by atoms with E-state index in [1.54, 1.807) is 0 Å². The Morgan fingerprint density at radius 1 is 0.810 bits per heavy atom. The van der Waals surface area contributed by atoms with E-state index in [-0.39, 0.29) is 0 Å². The van der Waals surface area contributed by atoms with Crippen molar-refractivity contribution in [3.05, 3.63) is 0 Å². The number of nitrogens with zero attached hydrogens (tertiary/aromatic N) is 1. The molecule has 0 aromatic carbocycles. The SMILES string of the molecule is FC(F)C(F)(F)F.O=[SH](=O)N([SH](=O)=O)S(=O)(=O)C(F)(F)F. The van der Waals surface area contributed by atoms with Gasteiger partial charge in [0, 0.05) is 3.12 Å². The molecule has 0 bridgehead atoms. The fourth-order valence-electron chi connectivity index (χ4n) is 0.328. The van der Waals surface area contributed by atoms with Crippen LogP contribution in [0, 0.1) is 0 Å². The summed E-state index contributed by atoms with van der Waals surface area (Å²) >= 11 is 0. The van der Waals surface area contributed by atoms with Crippen LogP contribution in [0.1, 0.15) is 0 Å². The zero-order chi connectivity index (χ0) is 17.8. The summed E-state index contributed by atoms with van der Waals surface area (Å²) in [5, 5.41) is 0. The van der Waals surface area contributed by atoms with Crippen molar-refractivity contribution < 1.29 is 60.4 Å². The van der Waals surface area contributed by atoms with Crippen molar-refractivity contribution >= 4 is 31.8 Å². The summed E-state index contributed by atoms with van der Waals surface area (Å²) in [6, 6.07) is 0. The highest BCUT2D eigenvalue weighted by Crippen LogP contribution is 2.26. The molecule has 0 aromatic rings. The molecular formula is C3H3F8NO6S3. The molecule has 0 aliphatic heterocycles. The van der Waals surface area contributed by atoms with Crippen LogP contribution in [0.15, 0.2) is 0 Å². The van der Waals surface area contributed by atoms with Gasteiger partial charge in [-0.3, -0.25) is 0 Å². The van der Waals surface area contributed by atoms with Gasteiger partial charge < -0.3 is 0 Å². The maximum Gasteiger partial charge on any atom is 0.513 e. The third-order valence-corrected chi connectivity index (χ3v) is 5.57. The predicted molar refractivity (Wildman–Crippen MR) is 49.5 cm³/mol. The first-order valence-electron chi connectivity index (χ1n) is 3.71. The van der Waals surface area contributed by atoms with E-state index in [1.165, 1.54) is 0 Å². The van der Waals surface area contributed by atoms with Gasteiger partial charge in [0.2, 0.25) is 21.8 Å². The summed E-state index contributed by atoms with van der Waals surface area (Å²) in [6.07, 6.45) is -9.53. The molecule has 0 spiro atoms. The first-order chi connectivity index (χ1) is 8.96. The molecule has 0 saturated heterocycles. The molecule has 0 amide bonds. The zero-order valence-corrected chi connectivity index (χ0v) is 11.4. The Hall–Kier alpha value is -0.750. The van der Waals surface area contributed by atoms with Gasteiger partial charge in [-0.15, -0.1) is 0 Å². The van der Waals surface area contributed by atoms with Gasteiger partial charge in [-0.05, 0) is 0 Å². The highest BCUT2D eigenvalue weighted by molar-refractivity contribution is 8.08. The van der Waals surface area contributed by atoms with E-state index in [4.69, 9.17) is 0 Å². The van der Waals surface area contributed by atoms with Crippen molar-refractivity contribution in [3.8, 4) is 0 Å². The van der Waals surface area contributed by atoms with Crippen molar-refractivity contribution in [1.29, 1.82) is 0 Å². The molecule has 18 heteroatoms. The van der Waals surface area contributed by atoms with E-state index in [0.29, 0.717) is 0 Å². The van der Waals surface area contributed by atoms with Crippen LogP contribution >= 0.6 is 0 Å². The van der Waals surface area contributed by atoms with Gasteiger partial charge in [0.05, 0.1) is 0 Å². The number of thiol groups is 2. The number of halogens is 8. The third kappa shape index (κ3) is 7.18. The Balaban J connectivity index is 0. The maximum atomic E-state index is 11.6. The van der Waals surface area contributed by atoms with Crippen LogP contribution in [0.4, 0.5) is 35.1 Å². The first-order valence-corrected chi connectivity index (χ1v) is 7.41. The molecule has 0 rings (SSSR count). The molecule has 0 aliphatic carbocycles. The second-order valence-electron chi connectivity index (χ2n) is 2.49. The number of sulfonamides is 1. The van der Waals surface area contributed by atoms with Gasteiger partial charge in [-0.1, -0.05) is 0 Å². The largest absolute Gasteiger partial charge is 0.513 e. The zero-order valence-electron chi connectivity index (χ0n) is 8.80. The minimum atomic E-state index is -6.40. The van der Waals surface area contributed by atoms with E-state index in [1.807, 2.05) is 0 Å². The summed E-state index contributed by atoms with van der Waals surface area (Å²) < 4.78 is 146. The molecule has 0 N–H and O–H groups in total. The summed E-state index contributed by atoms with van der Waals surface area (Å²) in [7, 11) is -15.2. The van der Waals surface area contributed by atoms with Crippen LogP contribution in [0.2, 0.25) is 0 Å². The van der Waals surface area contributed by atoms with Crippen molar-refractivity contribution in [3.63, 3.8) is 0 Å². The lowest BCUT2D eigenvalue weighted by molar-refractivity contribution is -0.219. The summed E-state index contributed by atoms with van der Waals surface area (Å²) in [6.45, 7) is 0. The highest BCUT2D eigenvalue weighted by atomic mass is 32.3. The van der Waals surface area contributed by atoms with Gasteiger partial charge in [0.25, 0.3) is 0 Å². The number of hydrogen-bond acceptors (Lipinski definition) is 6. The van der Waals surface area contributed by atoms with Gasteiger partial charge in [0.15, 0.2) is 0 Å². The number of alkyl halides is 8. The molecule has 130 valence electrons. The monoisotopic (exact) mass is 397 g/mol. The minimum absolute atomic E-state index is 1.64. The minimum Gasteiger partial charge on any atom is -0.213 e. The second kappa shape index (κ2) is 7.49. The molecule has 0 aliphatic rings. The molecule has 0 unspecified atom stereocenters. The van der Waals surface area contributed by atoms with Crippen LogP contribution in [-0.2, 0) is 31.8 Å². The fraction of sp³-hybridized carbons (Fsp3) is 1.00. The Morgan fingerprint density at radius 3 is 1.10 bits per heavy atom. The molecule has 7 nitrogen and oxygen atoms in total. The molecule has 21 heavy (non-hydrogen) atoms. The van der Waals surface area contributed by atoms with Crippen molar-refractivity contribution in [2.24, 2.45) is 0 Å². The molecular weight excluding hydrogens is 394 g/mol. The van der Waals surface area contributed by atoms with Crippen molar-refractivity contribution in [2.45, 2.75) is 18.1 Å². The second-order valence-corrected chi connectivity index (χ2v) is 6.88. The van der Waals surface area contributed by atoms with Gasteiger partial charge in [-0.25, -0.2) is 34.0 Å². The topological polar surface area (TPSA) is 106 Å². The Morgan fingerprint density at radius 2 is 1.05 bits per heavy atom. The van der Waals surface area contributed by atoms with Crippen LogP contribution in [0.25, 0.3) is 0 Å². The summed E-state index contributed by atoms with van der Waals surface area (Å²) in [5.74, 6) is 0. The fourth-order valence-corrected chi connectivity index (χ4v) is 2.95. The molecule has 0 atom stereocenters. The van der Waals surface area contributed by atoms with Crippen LogP contribution in [0.5, 0.6) is 0 Å². The van der Waals surface area contributed by atoms with E-state index in [0.717, 1.165) is 0 Å². The quantitative estimate of drug-likeness (QED) is 0.513. The Kier molecular flexibility index (Phi) is 8.04. The summed E-state index contributed by atoms with van der Waals surface area (Å²) in [5.41, 5.74) is -5.99. The van der Waals surface area contributed by atoms with Crippen LogP contribution < -0.4 is 0 Å². The Bertz CT molecular complexity index is 545. The van der Waals surface area contributed by atoms with Crippen LogP contribution in [-0.4, -0.2) is 46.5 Å². The first kappa shape index (κ1) is 22.5. The predicted octanol–water partition coefficient (Wildman–Crippen LogP) is 0.00460. The van der Waals surface area contributed by atoms with E-state index < -0.39 is 53.0 Å². The lowest BCUT2D eigenvalue weighted by Gasteiger charge is -2.10. The average molecular weight is 397 g/mol. The lowest BCUT2D eigenvalue weighted by Crippen LogP contribution is -2.38. The smallest absolute Gasteiger partial charge is 0.213 e. The van der Waals surface area contributed by atoms with Gasteiger partial charge >= 0.3 is 28.1 Å². The maximum absolute atomic E-state index is 11.6.